The number of urea groups is 1. The summed E-state index contributed by atoms with van der Waals surface area (Å²) < 4.78 is 1.99. The van der Waals surface area contributed by atoms with E-state index in [1.165, 1.54) is 31.7 Å². The molecule has 1 aromatic heterocycles. The predicted octanol–water partition coefficient (Wildman–Crippen LogP) is 0.630. The van der Waals surface area contributed by atoms with Crippen molar-refractivity contribution >= 4 is 23.7 Å². The lowest BCUT2D eigenvalue weighted by Gasteiger charge is -2.03. The fourth-order valence-corrected chi connectivity index (χ4v) is 2.49. The van der Waals surface area contributed by atoms with Gasteiger partial charge in [-0.05, 0) is 12.8 Å². The van der Waals surface area contributed by atoms with Gasteiger partial charge in [0, 0.05) is 32.2 Å². The summed E-state index contributed by atoms with van der Waals surface area (Å²) in [6.45, 7) is 0. The Bertz CT molecular complexity index is 483. The van der Waals surface area contributed by atoms with E-state index in [2.05, 4.69) is 20.8 Å². The summed E-state index contributed by atoms with van der Waals surface area (Å²) in [5.74, 6) is 1.86. The smallest absolute Gasteiger partial charge is 0.321 e. The Morgan fingerprint density at radius 2 is 2.16 bits per heavy atom. The molecule has 0 spiro atoms. The monoisotopic (exact) mass is 283 g/mol. The van der Waals surface area contributed by atoms with Crippen LogP contribution in [0.25, 0.3) is 0 Å². The molecule has 0 aromatic carbocycles. The summed E-state index contributed by atoms with van der Waals surface area (Å²) in [4.78, 5) is 22.3. The van der Waals surface area contributed by atoms with E-state index in [9.17, 15) is 9.59 Å². The highest BCUT2D eigenvalue weighted by Crippen LogP contribution is 2.39. The van der Waals surface area contributed by atoms with Gasteiger partial charge in [-0.25, -0.2) is 4.79 Å². The van der Waals surface area contributed by atoms with Crippen LogP contribution in [0.3, 0.4) is 0 Å². The third kappa shape index (κ3) is 3.69. The average molecular weight is 283 g/mol. The summed E-state index contributed by atoms with van der Waals surface area (Å²) in [5.41, 5.74) is 0. The predicted molar refractivity (Wildman–Crippen MR) is 70.9 cm³/mol. The highest BCUT2D eigenvalue weighted by molar-refractivity contribution is 7.99. The molecule has 1 heterocycles. The van der Waals surface area contributed by atoms with Gasteiger partial charge in [0.15, 0.2) is 5.16 Å². The van der Waals surface area contributed by atoms with E-state index in [0.29, 0.717) is 11.7 Å². The van der Waals surface area contributed by atoms with E-state index in [4.69, 9.17) is 0 Å². The minimum Gasteiger partial charge on any atom is -0.341 e. The molecule has 104 valence electrons. The molecule has 7 nitrogen and oxygen atoms in total. The molecule has 1 aliphatic rings. The van der Waals surface area contributed by atoms with Crippen LogP contribution in [0.2, 0.25) is 0 Å². The van der Waals surface area contributed by atoms with E-state index in [1.807, 2.05) is 11.6 Å². The molecule has 2 rings (SSSR count). The lowest BCUT2D eigenvalue weighted by atomic mass is 10.4. The van der Waals surface area contributed by atoms with Crippen molar-refractivity contribution < 1.29 is 9.59 Å². The molecule has 19 heavy (non-hydrogen) atoms. The number of nitrogens with one attached hydrogen (secondary N) is 2. The molecule has 1 saturated carbocycles. The molecule has 0 saturated heterocycles. The van der Waals surface area contributed by atoms with Gasteiger partial charge >= 0.3 is 6.03 Å². The van der Waals surface area contributed by atoms with Crippen LogP contribution in [-0.4, -0.2) is 39.5 Å². The minimum absolute atomic E-state index is 0.268. The number of thioether (sulfide) groups is 1. The van der Waals surface area contributed by atoms with E-state index in [-0.39, 0.29) is 12.3 Å². The van der Waals surface area contributed by atoms with Crippen molar-refractivity contribution in [3.63, 3.8) is 0 Å². The van der Waals surface area contributed by atoms with E-state index in [1.54, 1.807) is 0 Å². The summed E-state index contributed by atoms with van der Waals surface area (Å²) >= 11 is 1.47. The number of hydrogen-bond acceptors (Lipinski definition) is 5. The lowest BCUT2D eigenvalue weighted by molar-refractivity contribution is -0.119. The Morgan fingerprint density at radius 1 is 1.42 bits per heavy atom. The molecular weight excluding hydrogens is 266 g/mol. The second kappa shape index (κ2) is 6.05. The zero-order valence-electron chi connectivity index (χ0n) is 11.0. The molecular formula is C11H17N5O2S. The normalized spacial score (nSPS) is 14.2. The lowest BCUT2D eigenvalue weighted by Crippen LogP contribution is -2.37. The van der Waals surface area contributed by atoms with Crippen LogP contribution in [0.4, 0.5) is 4.79 Å². The maximum Gasteiger partial charge on any atom is 0.321 e. The van der Waals surface area contributed by atoms with Crippen LogP contribution in [0, 0.1) is 0 Å². The van der Waals surface area contributed by atoms with Crippen molar-refractivity contribution in [3.05, 3.63) is 5.82 Å². The van der Waals surface area contributed by atoms with Crippen LogP contribution >= 0.6 is 11.8 Å². The molecule has 1 fully saturated rings. The Hall–Kier alpha value is -1.57. The van der Waals surface area contributed by atoms with Gasteiger partial charge in [-0.2, -0.15) is 0 Å². The van der Waals surface area contributed by atoms with Crippen molar-refractivity contribution in [1.29, 1.82) is 0 Å². The molecule has 0 aliphatic heterocycles. The standard InChI is InChI=1S/C11H17N5O2S/c1-12-10(18)13-8(17)5-6-19-11-15-14-9(16(11)2)7-3-4-7/h7H,3-6H2,1-2H3,(H2,12,13,17,18). The Balaban J connectivity index is 1.76. The third-order valence-electron chi connectivity index (χ3n) is 2.85. The zero-order valence-corrected chi connectivity index (χ0v) is 11.8. The summed E-state index contributed by atoms with van der Waals surface area (Å²) in [5, 5.41) is 13.6. The van der Waals surface area contributed by atoms with E-state index < -0.39 is 6.03 Å². The Labute approximate surface area is 115 Å². The molecule has 2 N–H and O–H groups in total. The maximum atomic E-state index is 11.4. The number of rotatable bonds is 5. The number of aromatic nitrogens is 3. The fourth-order valence-electron chi connectivity index (χ4n) is 1.64. The molecule has 0 atom stereocenters. The van der Waals surface area contributed by atoms with E-state index in [0.717, 1.165) is 11.0 Å². The number of carbonyl (C=O) groups is 2. The molecule has 1 aliphatic carbocycles. The van der Waals surface area contributed by atoms with Gasteiger partial charge < -0.3 is 9.88 Å². The van der Waals surface area contributed by atoms with Gasteiger partial charge in [0.25, 0.3) is 0 Å². The first-order valence-corrected chi connectivity index (χ1v) is 7.14. The Morgan fingerprint density at radius 3 is 2.79 bits per heavy atom. The second-order valence-corrected chi connectivity index (χ2v) is 5.46. The van der Waals surface area contributed by atoms with Crippen LogP contribution in [0.5, 0.6) is 0 Å². The quantitative estimate of drug-likeness (QED) is 0.774. The van der Waals surface area contributed by atoms with E-state index >= 15 is 0 Å². The van der Waals surface area contributed by atoms with Crippen LogP contribution < -0.4 is 10.6 Å². The van der Waals surface area contributed by atoms with Crippen molar-refractivity contribution in [3.8, 4) is 0 Å². The number of hydrogen-bond donors (Lipinski definition) is 2. The third-order valence-corrected chi connectivity index (χ3v) is 3.87. The molecule has 8 heteroatoms. The van der Waals surface area contributed by atoms with Crippen LogP contribution in [0.1, 0.15) is 31.0 Å². The number of nitrogens with zero attached hydrogens (tertiary/aromatic N) is 3. The van der Waals surface area contributed by atoms with Crippen molar-refractivity contribution in [1.82, 2.24) is 25.4 Å². The van der Waals surface area contributed by atoms with Gasteiger partial charge in [-0.1, -0.05) is 11.8 Å². The highest BCUT2D eigenvalue weighted by atomic mass is 32.2. The minimum atomic E-state index is -0.482. The fraction of sp³-hybridized carbons (Fsp3) is 0.636. The average Bonchev–Trinajstić information content (AvgIpc) is 3.15. The van der Waals surface area contributed by atoms with Gasteiger partial charge in [-0.15, -0.1) is 10.2 Å². The first-order chi connectivity index (χ1) is 9.11. The first kappa shape index (κ1) is 13.9. The topological polar surface area (TPSA) is 88.9 Å². The van der Waals surface area contributed by atoms with Crippen molar-refractivity contribution in [2.24, 2.45) is 7.05 Å². The SMILES string of the molecule is CNC(=O)NC(=O)CCSc1nnc(C2CC2)n1C. The van der Waals surface area contributed by atoms with Crippen LogP contribution in [-0.2, 0) is 11.8 Å². The van der Waals surface area contributed by atoms with Crippen molar-refractivity contribution in [2.75, 3.05) is 12.8 Å². The molecule has 3 amide bonds. The van der Waals surface area contributed by atoms with Gasteiger partial charge in [0.05, 0.1) is 0 Å². The highest BCUT2D eigenvalue weighted by Gasteiger charge is 2.29. The number of imide groups is 1. The van der Waals surface area contributed by atoms with Gasteiger partial charge in [0.1, 0.15) is 5.82 Å². The first-order valence-electron chi connectivity index (χ1n) is 6.15. The number of carbonyl (C=O) groups excluding carboxylic acids is 2. The summed E-state index contributed by atoms with van der Waals surface area (Å²) in [7, 11) is 3.41. The van der Waals surface area contributed by atoms with Crippen LogP contribution in [0.15, 0.2) is 5.16 Å². The van der Waals surface area contributed by atoms with Crippen molar-refractivity contribution in [2.45, 2.75) is 30.3 Å². The van der Waals surface area contributed by atoms with Gasteiger partial charge in [-0.3, -0.25) is 10.1 Å². The number of amides is 3. The zero-order chi connectivity index (χ0) is 13.8. The largest absolute Gasteiger partial charge is 0.341 e. The maximum absolute atomic E-state index is 11.4. The molecule has 0 radical (unpaired) electrons. The Kier molecular flexibility index (Phi) is 4.41. The second-order valence-electron chi connectivity index (χ2n) is 4.40. The summed E-state index contributed by atoms with van der Waals surface area (Å²) in [6, 6.07) is -0.482. The molecule has 0 unspecified atom stereocenters. The molecule has 1 aromatic rings. The van der Waals surface area contributed by atoms with Gasteiger partial charge in [0.2, 0.25) is 5.91 Å². The molecule has 0 bridgehead atoms. The summed E-state index contributed by atoms with van der Waals surface area (Å²) in [6.07, 6.45) is 2.64.